The van der Waals surface area contributed by atoms with Crippen molar-refractivity contribution >= 4 is 18.1 Å². The van der Waals surface area contributed by atoms with E-state index < -0.39 is 7.32 Å². The second kappa shape index (κ2) is 5.54. The zero-order valence-corrected chi connectivity index (χ0v) is 10.4. The van der Waals surface area contributed by atoms with Crippen molar-refractivity contribution < 1.29 is 45.7 Å². The van der Waals surface area contributed by atoms with Crippen LogP contribution < -0.4 is 34.2 Å². The monoisotopic (exact) mass is 212 g/mol. The molecule has 2 N–H and O–H groups in total. The van der Waals surface area contributed by atoms with Crippen LogP contribution in [0.1, 0.15) is 1.43 Å². The van der Waals surface area contributed by atoms with Crippen molar-refractivity contribution in [1.82, 2.24) is 0 Å². The number of benzene rings is 2. The number of rotatable bonds is 2. The first-order chi connectivity index (χ1) is 6.77. The number of hydrogen-bond acceptors (Lipinski definition) is 3. The molecule has 15 heavy (non-hydrogen) atoms. The average molecular weight is 212 g/mol. The van der Waals surface area contributed by atoms with Crippen LogP contribution in [0.2, 0.25) is 0 Å². The molecule has 0 fully saturated rings. The first kappa shape index (κ1) is 12.6. The molecule has 0 atom stereocenters. The van der Waals surface area contributed by atoms with Gasteiger partial charge in [-0.3, -0.25) is 0 Å². The van der Waals surface area contributed by atoms with Gasteiger partial charge in [-0.1, -0.05) is 36.4 Å². The third kappa shape index (κ3) is 2.97. The summed E-state index contributed by atoms with van der Waals surface area (Å²) in [6.07, 6.45) is 0. The topological polar surface area (TPSA) is 49.7 Å². The van der Waals surface area contributed by atoms with E-state index in [2.05, 4.69) is 0 Å². The minimum Gasteiger partial charge on any atom is -1.00 e. The minimum absolute atomic E-state index is 0. The van der Waals surface area contributed by atoms with Gasteiger partial charge in [0.1, 0.15) is 5.75 Å². The average Bonchev–Trinajstić information content (AvgIpc) is 2.18. The summed E-state index contributed by atoms with van der Waals surface area (Å²) in [4.78, 5) is 0. The van der Waals surface area contributed by atoms with Crippen LogP contribution in [-0.2, 0) is 0 Å². The van der Waals surface area contributed by atoms with Gasteiger partial charge in [0.2, 0.25) is 0 Å². The van der Waals surface area contributed by atoms with Gasteiger partial charge < -0.3 is 16.1 Å². The second-order valence-corrected chi connectivity index (χ2v) is 2.92. The predicted octanol–water partition coefficient (Wildman–Crippen LogP) is -1.70. The van der Waals surface area contributed by atoms with Gasteiger partial charge in [0, 0.05) is 5.39 Å². The normalized spacial score (nSPS) is 9.47. The Kier molecular flexibility index (Phi) is 4.63. The Bertz CT molecular complexity index is 448. The predicted molar refractivity (Wildman–Crippen MR) is 55.9 cm³/mol. The zero-order chi connectivity index (χ0) is 9.97. The molecular weight excluding hydrogens is 202 g/mol. The molecule has 0 saturated heterocycles. The van der Waals surface area contributed by atoms with Crippen LogP contribution in [0.4, 0.5) is 0 Å². The quantitative estimate of drug-likeness (QED) is 0.583. The molecule has 2 rings (SSSR count). The summed E-state index contributed by atoms with van der Waals surface area (Å²) in [6.45, 7) is 0. The third-order valence-corrected chi connectivity index (χ3v) is 1.98. The molecular formula is C10H10BNaO3. The first-order valence-electron chi connectivity index (χ1n) is 4.28. The van der Waals surface area contributed by atoms with E-state index in [-0.39, 0.29) is 31.0 Å². The van der Waals surface area contributed by atoms with Crippen LogP contribution >= 0.6 is 0 Å². The number of fused-ring (bicyclic) bond motifs is 1. The molecule has 0 spiro atoms. The Morgan fingerprint density at radius 3 is 2.40 bits per heavy atom. The van der Waals surface area contributed by atoms with Gasteiger partial charge in [-0.2, -0.15) is 0 Å². The van der Waals surface area contributed by atoms with E-state index in [4.69, 9.17) is 14.7 Å². The summed E-state index contributed by atoms with van der Waals surface area (Å²) >= 11 is 0. The standard InChI is InChI=1S/C10H9BO3.Na.H/c12-11(13)14-10-7-3-5-8-4-1-2-6-9(8)10;;/h1-7,12-13H;;/q;+1;-1. The van der Waals surface area contributed by atoms with Crippen LogP contribution in [-0.4, -0.2) is 17.4 Å². The fourth-order valence-electron chi connectivity index (χ4n) is 1.41. The van der Waals surface area contributed by atoms with Crippen LogP contribution in [0.15, 0.2) is 42.5 Å². The summed E-state index contributed by atoms with van der Waals surface area (Å²) in [5.74, 6) is 0.470. The fourth-order valence-corrected chi connectivity index (χ4v) is 1.41. The molecule has 72 valence electrons. The van der Waals surface area contributed by atoms with Gasteiger partial charge >= 0.3 is 36.9 Å². The van der Waals surface area contributed by atoms with E-state index in [1.165, 1.54) is 0 Å². The van der Waals surface area contributed by atoms with Crippen molar-refractivity contribution in [1.29, 1.82) is 0 Å². The van der Waals surface area contributed by atoms with Crippen LogP contribution in [0, 0.1) is 0 Å². The summed E-state index contributed by atoms with van der Waals surface area (Å²) in [7, 11) is -1.78. The molecule has 0 aliphatic rings. The van der Waals surface area contributed by atoms with Crippen LogP contribution in [0.5, 0.6) is 5.75 Å². The van der Waals surface area contributed by atoms with Crippen molar-refractivity contribution in [2.45, 2.75) is 0 Å². The Hall–Kier alpha value is -0.515. The fraction of sp³-hybridized carbons (Fsp3) is 0. The molecule has 5 heteroatoms. The molecule has 2 aromatic rings. The van der Waals surface area contributed by atoms with Crippen molar-refractivity contribution in [2.24, 2.45) is 0 Å². The molecule has 0 unspecified atom stereocenters. The van der Waals surface area contributed by atoms with E-state index in [1.54, 1.807) is 12.1 Å². The SMILES string of the molecule is OB(O)Oc1cccc2ccccc12.[H-].[Na+]. The smallest absolute Gasteiger partial charge is 1.00 e. The minimum atomic E-state index is -1.78. The Morgan fingerprint density at radius 2 is 1.67 bits per heavy atom. The molecule has 0 saturated carbocycles. The molecule has 3 nitrogen and oxygen atoms in total. The summed E-state index contributed by atoms with van der Waals surface area (Å²) in [6, 6.07) is 13.0. The Morgan fingerprint density at radius 1 is 1.00 bits per heavy atom. The largest absolute Gasteiger partial charge is 1.00 e. The maximum absolute atomic E-state index is 8.70. The van der Waals surface area contributed by atoms with Crippen molar-refractivity contribution in [3.8, 4) is 5.75 Å². The third-order valence-electron chi connectivity index (χ3n) is 1.98. The molecule has 0 aliphatic carbocycles. The molecule has 0 radical (unpaired) electrons. The first-order valence-corrected chi connectivity index (χ1v) is 4.28. The van der Waals surface area contributed by atoms with Crippen molar-refractivity contribution in [2.75, 3.05) is 0 Å². The van der Waals surface area contributed by atoms with E-state index in [0.717, 1.165) is 10.8 Å². The zero-order valence-electron chi connectivity index (χ0n) is 9.42. The van der Waals surface area contributed by atoms with Gasteiger partial charge in [-0.15, -0.1) is 0 Å². The maximum atomic E-state index is 8.70. The van der Waals surface area contributed by atoms with E-state index in [0.29, 0.717) is 5.75 Å². The molecule has 0 aliphatic heterocycles. The summed E-state index contributed by atoms with van der Waals surface area (Å²) < 4.78 is 4.84. The number of hydrogen-bond donors (Lipinski definition) is 2. The molecule has 0 heterocycles. The van der Waals surface area contributed by atoms with Crippen LogP contribution in [0.25, 0.3) is 10.8 Å². The van der Waals surface area contributed by atoms with E-state index in [9.17, 15) is 0 Å². The van der Waals surface area contributed by atoms with E-state index in [1.807, 2.05) is 30.3 Å². The van der Waals surface area contributed by atoms with Gasteiger partial charge in [0.05, 0.1) is 0 Å². The van der Waals surface area contributed by atoms with Crippen molar-refractivity contribution in [3.05, 3.63) is 42.5 Å². The molecule has 0 amide bonds. The van der Waals surface area contributed by atoms with Crippen molar-refractivity contribution in [3.63, 3.8) is 0 Å². The van der Waals surface area contributed by atoms with Crippen LogP contribution in [0.3, 0.4) is 0 Å². The Labute approximate surface area is 112 Å². The van der Waals surface area contributed by atoms with Gasteiger partial charge in [0.25, 0.3) is 0 Å². The molecule has 0 bridgehead atoms. The van der Waals surface area contributed by atoms with Gasteiger partial charge in [-0.05, 0) is 11.5 Å². The maximum Gasteiger partial charge on any atom is 1.00 e. The van der Waals surface area contributed by atoms with Gasteiger partial charge in [-0.25, -0.2) is 0 Å². The summed E-state index contributed by atoms with van der Waals surface area (Å²) in [5, 5.41) is 19.3. The second-order valence-electron chi connectivity index (χ2n) is 2.92. The summed E-state index contributed by atoms with van der Waals surface area (Å²) in [5.41, 5.74) is 0. The molecule has 2 aromatic carbocycles. The molecule has 0 aromatic heterocycles. The van der Waals surface area contributed by atoms with Gasteiger partial charge in [0.15, 0.2) is 0 Å². The Balaban J connectivity index is 0.00000112. The van der Waals surface area contributed by atoms with E-state index >= 15 is 0 Å².